The van der Waals surface area contributed by atoms with E-state index in [2.05, 4.69) is 11.2 Å². The quantitative estimate of drug-likeness (QED) is 0.600. The third-order valence-corrected chi connectivity index (χ3v) is 2.45. The third kappa shape index (κ3) is 1.59. The highest BCUT2D eigenvalue weighted by molar-refractivity contribution is 5.75. The van der Waals surface area contributed by atoms with E-state index in [9.17, 15) is 4.79 Å². The van der Waals surface area contributed by atoms with Crippen LogP contribution in [-0.4, -0.2) is 24.2 Å². The maximum absolute atomic E-state index is 10.9. The van der Waals surface area contributed by atoms with Gasteiger partial charge in [0.15, 0.2) is 0 Å². The Bertz CT molecular complexity index is 211. The lowest BCUT2D eigenvalue weighted by atomic mass is 9.83. The Kier molecular flexibility index (Phi) is 2.72. The number of carboxylic acids is 1. The van der Waals surface area contributed by atoms with E-state index in [1.807, 2.05) is 0 Å². The van der Waals surface area contributed by atoms with E-state index in [1.54, 1.807) is 0 Å². The highest BCUT2D eigenvalue weighted by atomic mass is 16.4. The van der Waals surface area contributed by atoms with Crippen LogP contribution in [0.2, 0.25) is 0 Å². The average molecular weight is 167 g/mol. The SMILES string of the molecule is C#CCCC1(C(=O)O)CCNC1. The van der Waals surface area contributed by atoms with Gasteiger partial charge in [-0.3, -0.25) is 4.79 Å². The van der Waals surface area contributed by atoms with E-state index in [0.717, 1.165) is 6.54 Å². The van der Waals surface area contributed by atoms with Crippen molar-refractivity contribution in [1.82, 2.24) is 5.32 Å². The first-order chi connectivity index (χ1) is 5.71. The Hall–Kier alpha value is -1.01. The zero-order valence-corrected chi connectivity index (χ0v) is 6.97. The molecule has 0 radical (unpaired) electrons. The van der Waals surface area contributed by atoms with Crippen molar-refractivity contribution < 1.29 is 9.90 Å². The minimum Gasteiger partial charge on any atom is -0.481 e. The van der Waals surface area contributed by atoms with Crippen LogP contribution in [0.5, 0.6) is 0 Å². The van der Waals surface area contributed by atoms with Crippen molar-refractivity contribution in [3.05, 3.63) is 0 Å². The summed E-state index contributed by atoms with van der Waals surface area (Å²) in [6.07, 6.45) is 6.94. The normalized spacial score (nSPS) is 28.2. The molecule has 0 amide bonds. The summed E-state index contributed by atoms with van der Waals surface area (Å²) < 4.78 is 0. The van der Waals surface area contributed by atoms with Gasteiger partial charge in [-0.05, 0) is 19.4 Å². The standard InChI is InChI=1S/C9H13NO2/c1-2-3-4-9(8(11)12)5-6-10-7-9/h1,10H,3-7H2,(H,11,12). The molecule has 1 unspecified atom stereocenters. The largest absolute Gasteiger partial charge is 0.481 e. The molecule has 12 heavy (non-hydrogen) atoms. The van der Waals surface area contributed by atoms with Gasteiger partial charge in [0.2, 0.25) is 0 Å². The molecule has 2 N–H and O–H groups in total. The van der Waals surface area contributed by atoms with E-state index in [4.69, 9.17) is 11.5 Å². The monoisotopic (exact) mass is 167 g/mol. The lowest BCUT2D eigenvalue weighted by Gasteiger charge is -2.21. The summed E-state index contributed by atoms with van der Waals surface area (Å²) in [6, 6.07) is 0. The maximum Gasteiger partial charge on any atom is 0.311 e. The average Bonchev–Trinajstić information content (AvgIpc) is 2.50. The van der Waals surface area contributed by atoms with Gasteiger partial charge in [0.25, 0.3) is 0 Å². The Labute approximate surface area is 72.2 Å². The van der Waals surface area contributed by atoms with E-state index in [1.165, 1.54) is 0 Å². The highest BCUT2D eigenvalue weighted by Crippen LogP contribution is 2.30. The van der Waals surface area contributed by atoms with E-state index in [-0.39, 0.29) is 0 Å². The molecular formula is C9H13NO2. The maximum atomic E-state index is 10.9. The molecule has 3 heteroatoms. The van der Waals surface area contributed by atoms with Crippen molar-refractivity contribution in [2.75, 3.05) is 13.1 Å². The first kappa shape index (κ1) is 9.08. The van der Waals surface area contributed by atoms with Gasteiger partial charge in [0.05, 0.1) is 5.41 Å². The van der Waals surface area contributed by atoms with Gasteiger partial charge in [0, 0.05) is 13.0 Å². The summed E-state index contributed by atoms with van der Waals surface area (Å²) in [5.74, 6) is 1.76. The van der Waals surface area contributed by atoms with Crippen molar-refractivity contribution in [1.29, 1.82) is 0 Å². The first-order valence-electron chi connectivity index (χ1n) is 4.09. The van der Waals surface area contributed by atoms with Crippen LogP contribution in [0.4, 0.5) is 0 Å². The minimum absolute atomic E-state index is 0.550. The molecule has 1 rings (SSSR count). The number of aliphatic carboxylic acids is 1. The molecule has 3 nitrogen and oxygen atoms in total. The van der Waals surface area contributed by atoms with Crippen molar-refractivity contribution in [3.63, 3.8) is 0 Å². The van der Waals surface area contributed by atoms with Crippen LogP contribution in [0.3, 0.4) is 0 Å². The molecule has 0 aromatic carbocycles. The molecule has 0 saturated carbocycles. The molecule has 1 heterocycles. The lowest BCUT2D eigenvalue weighted by Crippen LogP contribution is -2.33. The minimum atomic E-state index is -0.720. The van der Waals surface area contributed by atoms with E-state index in [0.29, 0.717) is 25.8 Å². The molecule has 1 aliphatic heterocycles. The zero-order chi connectivity index (χ0) is 9.03. The zero-order valence-electron chi connectivity index (χ0n) is 6.97. The molecule has 1 atom stereocenters. The second kappa shape index (κ2) is 3.59. The smallest absolute Gasteiger partial charge is 0.311 e. The second-order valence-corrected chi connectivity index (χ2v) is 3.22. The fraction of sp³-hybridized carbons (Fsp3) is 0.667. The van der Waals surface area contributed by atoms with Crippen LogP contribution in [0.15, 0.2) is 0 Å². The van der Waals surface area contributed by atoms with Crippen LogP contribution in [0, 0.1) is 17.8 Å². The van der Waals surface area contributed by atoms with Crippen molar-refractivity contribution in [3.8, 4) is 12.3 Å². The fourth-order valence-corrected chi connectivity index (χ4v) is 1.56. The third-order valence-electron chi connectivity index (χ3n) is 2.45. The molecule has 0 aromatic rings. The summed E-state index contributed by atoms with van der Waals surface area (Å²) in [4.78, 5) is 10.9. The number of rotatable bonds is 3. The Balaban J connectivity index is 2.60. The van der Waals surface area contributed by atoms with Gasteiger partial charge in [-0.25, -0.2) is 0 Å². The van der Waals surface area contributed by atoms with Gasteiger partial charge < -0.3 is 10.4 Å². The van der Waals surface area contributed by atoms with E-state index >= 15 is 0 Å². The molecule has 0 spiro atoms. The molecule has 0 aromatic heterocycles. The summed E-state index contributed by atoms with van der Waals surface area (Å²) >= 11 is 0. The number of hydrogen-bond acceptors (Lipinski definition) is 2. The van der Waals surface area contributed by atoms with Crippen molar-refractivity contribution in [2.45, 2.75) is 19.3 Å². The van der Waals surface area contributed by atoms with Crippen LogP contribution >= 0.6 is 0 Å². The molecule has 66 valence electrons. The van der Waals surface area contributed by atoms with Crippen LogP contribution in [-0.2, 0) is 4.79 Å². The topological polar surface area (TPSA) is 49.3 Å². The van der Waals surface area contributed by atoms with Crippen LogP contribution < -0.4 is 5.32 Å². The number of carbonyl (C=O) groups is 1. The van der Waals surface area contributed by atoms with E-state index < -0.39 is 11.4 Å². The lowest BCUT2D eigenvalue weighted by molar-refractivity contribution is -0.148. The Morgan fingerprint density at radius 3 is 2.92 bits per heavy atom. The Morgan fingerprint density at radius 2 is 2.50 bits per heavy atom. The van der Waals surface area contributed by atoms with Crippen molar-refractivity contribution in [2.24, 2.45) is 5.41 Å². The predicted molar refractivity (Wildman–Crippen MR) is 45.6 cm³/mol. The van der Waals surface area contributed by atoms with Gasteiger partial charge in [-0.2, -0.15) is 0 Å². The first-order valence-corrected chi connectivity index (χ1v) is 4.09. The number of nitrogens with one attached hydrogen (secondary N) is 1. The summed E-state index contributed by atoms with van der Waals surface area (Å²) in [5, 5.41) is 12.0. The van der Waals surface area contributed by atoms with Gasteiger partial charge in [0.1, 0.15) is 0 Å². The van der Waals surface area contributed by atoms with Crippen LogP contribution in [0.25, 0.3) is 0 Å². The molecule has 0 aliphatic carbocycles. The molecule has 1 aliphatic rings. The predicted octanol–water partition coefficient (Wildman–Crippen LogP) is 0.464. The van der Waals surface area contributed by atoms with Gasteiger partial charge >= 0.3 is 5.97 Å². The number of hydrogen-bond donors (Lipinski definition) is 2. The number of carboxylic acid groups (broad SMARTS) is 1. The molecular weight excluding hydrogens is 154 g/mol. The summed E-state index contributed by atoms with van der Waals surface area (Å²) in [6.45, 7) is 1.35. The Morgan fingerprint density at radius 1 is 1.75 bits per heavy atom. The summed E-state index contributed by atoms with van der Waals surface area (Å²) in [7, 11) is 0. The molecule has 1 saturated heterocycles. The molecule has 0 bridgehead atoms. The van der Waals surface area contributed by atoms with Gasteiger partial charge in [-0.1, -0.05) is 0 Å². The summed E-state index contributed by atoms with van der Waals surface area (Å²) in [5.41, 5.74) is -0.591. The molecule has 1 fully saturated rings. The van der Waals surface area contributed by atoms with Gasteiger partial charge in [-0.15, -0.1) is 12.3 Å². The van der Waals surface area contributed by atoms with Crippen LogP contribution in [0.1, 0.15) is 19.3 Å². The van der Waals surface area contributed by atoms with Crippen molar-refractivity contribution >= 4 is 5.97 Å². The second-order valence-electron chi connectivity index (χ2n) is 3.22. The highest BCUT2D eigenvalue weighted by Gasteiger charge is 2.40. The number of terminal acetylenes is 1. The fourth-order valence-electron chi connectivity index (χ4n) is 1.56.